The highest BCUT2D eigenvalue weighted by Gasteiger charge is 2.13. The lowest BCUT2D eigenvalue weighted by Crippen LogP contribution is -2.35. The molecular weight excluding hydrogens is 305 g/mol. The summed E-state index contributed by atoms with van der Waals surface area (Å²) in [5.41, 5.74) is 1.10. The molecule has 0 heterocycles. The van der Waals surface area contributed by atoms with Gasteiger partial charge < -0.3 is 5.32 Å². The van der Waals surface area contributed by atoms with Crippen LogP contribution in [0.25, 0.3) is 0 Å². The van der Waals surface area contributed by atoms with Crippen molar-refractivity contribution in [1.29, 1.82) is 0 Å². The molecule has 1 N–H and O–H groups in total. The molecule has 0 aliphatic heterocycles. The smallest absolute Gasteiger partial charge is 0.123 e. The number of hydrogen-bond donors (Lipinski definition) is 1. The van der Waals surface area contributed by atoms with Gasteiger partial charge >= 0.3 is 0 Å². The first-order valence-electron chi connectivity index (χ1n) is 6.81. The van der Waals surface area contributed by atoms with Gasteiger partial charge in [-0.2, -0.15) is 0 Å². The van der Waals surface area contributed by atoms with E-state index < -0.39 is 0 Å². The Bertz CT molecular complexity index is 605. The number of nitrogens with one attached hydrogen (secondary N) is 1. The van der Waals surface area contributed by atoms with Gasteiger partial charge in [-0.1, -0.05) is 29.4 Å². The molecule has 0 fully saturated rings. The van der Waals surface area contributed by atoms with Gasteiger partial charge in [0, 0.05) is 26.9 Å². The maximum Gasteiger partial charge on any atom is 0.123 e. The van der Waals surface area contributed by atoms with Crippen LogP contribution in [0.5, 0.6) is 0 Å². The van der Waals surface area contributed by atoms with E-state index in [1.807, 2.05) is 18.2 Å². The average molecular weight is 324 g/mol. The standard InChI is InChI=1S/C17H19ClFNS/c1-17(2,3)20-11-14-15(18)5-4-6-16(14)21-13-9-7-12(19)8-10-13/h4-10,20H,11H2,1-3H3. The summed E-state index contributed by atoms with van der Waals surface area (Å²) in [6.07, 6.45) is 0. The molecule has 0 aliphatic rings. The van der Waals surface area contributed by atoms with Crippen LogP contribution in [0.4, 0.5) is 4.39 Å². The predicted octanol–water partition coefficient (Wildman–Crippen LogP) is 5.52. The molecular formula is C17H19ClFNS. The van der Waals surface area contributed by atoms with E-state index in [0.717, 1.165) is 20.4 Å². The van der Waals surface area contributed by atoms with Gasteiger partial charge in [0.1, 0.15) is 5.82 Å². The topological polar surface area (TPSA) is 12.0 Å². The minimum atomic E-state index is -0.222. The Hall–Kier alpha value is -1.03. The molecule has 0 aliphatic carbocycles. The van der Waals surface area contributed by atoms with Gasteiger partial charge in [-0.25, -0.2) is 4.39 Å². The van der Waals surface area contributed by atoms with Crippen molar-refractivity contribution in [3.63, 3.8) is 0 Å². The molecule has 2 rings (SSSR count). The first-order valence-corrected chi connectivity index (χ1v) is 8.00. The second-order valence-electron chi connectivity index (χ2n) is 5.88. The molecule has 0 saturated heterocycles. The zero-order valence-electron chi connectivity index (χ0n) is 12.4. The van der Waals surface area contributed by atoms with E-state index in [2.05, 4.69) is 26.1 Å². The molecule has 0 radical (unpaired) electrons. The summed E-state index contributed by atoms with van der Waals surface area (Å²) in [5, 5.41) is 4.21. The Morgan fingerprint density at radius 1 is 1.10 bits per heavy atom. The summed E-state index contributed by atoms with van der Waals surface area (Å²) in [4.78, 5) is 2.08. The predicted molar refractivity (Wildman–Crippen MR) is 88.6 cm³/mol. The van der Waals surface area contributed by atoms with E-state index in [4.69, 9.17) is 11.6 Å². The van der Waals surface area contributed by atoms with Crippen LogP contribution in [0.3, 0.4) is 0 Å². The largest absolute Gasteiger partial charge is 0.308 e. The van der Waals surface area contributed by atoms with E-state index in [0.29, 0.717) is 6.54 Å². The van der Waals surface area contributed by atoms with Gasteiger partial charge in [0.25, 0.3) is 0 Å². The van der Waals surface area contributed by atoms with Crippen molar-refractivity contribution < 1.29 is 4.39 Å². The Kier molecular flexibility index (Phi) is 5.31. The van der Waals surface area contributed by atoms with Crippen LogP contribution in [-0.2, 0) is 6.54 Å². The van der Waals surface area contributed by atoms with Gasteiger partial charge in [0.2, 0.25) is 0 Å². The maximum absolute atomic E-state index is 13.0. The highest BCUT2D eigenvalue weighted by Crippen LogP contribution is 2.34. The number of halogens is 2. The molecule has 0 amide bonds. The quantitative estimate of drug-likeness (QED) is 0.795. The zero-order valence-corrected chi connectivity index (χ0v) is 14.0. The van der Waals surface area contributed by atoms with Crippen LogP contribution >= 0.6 is 23.4 Å². The summed E-state index contributed by atoms with van der Waals surface area (Å²) in [6, 6.07) is 12.4. The molecule has 0 saturated carbocycles. The minimum absolute atomic E-state index is 0.0248. The third-order valence-electron chi connectivity index (χ3n) is 2.91. The van der Waals surface area contributed by atoms with Crippen molar-refractivity contribution in [2.75, 3.05) is 0 Å². The third-order valence-corrected chi connectivity index (χ3v) is 4.38. The van der Waals surface area contributed by atoms with E-state index in [-0.39, 0.29) is 11.4 Å². The molecule has 1 nitrogen and oxygen atoms in total. The van der Waals surface area contributed by atoms with Gasteiger partial charge in [-0.15, -0.1) is 0 Å². The summed E-state index contributed by atoms with van der Waals surface area (Å²) in [6.45, 7) is 7.07. The Morgan fingerprint density at radius 3 is 2.38 bits per heavy atom. The third kappa shape index (κ3) is 5.03. The fourth-order valence-electron chi connectivity index (χ4n) is 1.79. The average Bonchev–Trinajstić information content (AvgIpc) is 2.39. The highest BCUT2D eigenvalue weighted by molar-refractivity contribution is 7.99. The lowest BCUT2D eigenvalue weighted by atomic mass is 10.1. The van der Waals surface area contributed by atoms with Crippen molar-refractivity contribution >= 4 is 23.4 Å². The van der Waals surface area contributed by atoms with E-state index >= 15 is 0 Å². The maximum atomic E-state index is 13.0. The molecule has 21 heavy (non-hydrogen) atoms. The molecule has 2 aromatic carbocycles. The minimum Gasteiger partial charge on any atom is -0.308 e. The van der Waals surface area contributed by atoms with Gasteiger partial charge in [0.05, 0.1) is 0 Å². The number of benzene rings is 2. The fourth-order valence-corrected chi connectivity index (χ4v) is 3.06. The van der Waals surface area contributed by atoms with Gasteiger partial charge in [-0.3, -0.25) is 0 Å². The molecule has 4 heteroatoms. The number of hydrogen-bond acceptors (Lipinski definition) is 2. The molecule has 0 spiro atoms. The molecule has 0 bridgehead atoms. The first-order chi connectivity index (χ1) is 9.85. The molecule has 2 aromatic rings. The monoisotopic (exact) mass is 323 g/mol. The van der Waals surface area contributed by atoms with E-state index in [1.165, 1.54) is 12.1 Å². The fraction of sp³-hybridized carbons (Fsp3) is 0.294. The molecule has 112 valence electrons. The van der Waals surface area contributed by atoms with Crippen molar-refractivity contribution in [2.24, 2.45) is 0 Å². The van der Waals surface area contributed by atoms with E-state index in [9.17, 15) is 4.39 Å². The van der Waals surface area contributed by atoms with Crippen LogP contribution in [-0.4, -0.2) is 5.54 Å². The second-order valence-corrected chi connectivity index (χ2v) is 7.40. The SMILES string of the molecule is CC(C)(C)NCc1c(Cl)cccc1Sc1ccc(F)cc1. The van der Waals surface area contributed by atoms with Crippen LogP contribution in [0.15, 0.2) is 52.3 Å². The van der Waals surface area contributed by atoms with E-state index in [1.54, 1.807) is 23.9 Å². The van der Waals surface area contributed by atoms with Crippen molar-refractivity contribution in [3.05, 3.63) is 58.9 Å². The van der Waals surface area contributed by atoms with Gasteiger partial charge in [0.15, 0.2) is 0 Å². The lowest BCUT2D eigenvalue weighted by Gasteiger charge is -2.22. The summed E-state index contributed by atoms with van der Waals surface area (Å²) in [5.74, 6) is -0.222. The Morgan fingerprint density at radius 2 is 1.76 bits per heavy atom. The zero-order chi connectivity index (χ0) is 15.5. The first kappa shape index (κ1) is 16.3. The van der Waals surface area contributed by atoms with Crippen molar-refractivity contribution in [2.45, 2.75) is 42.6 Å². The van der Waals surface area contributed by atoms with Crippen LogP contribution in [0.1, 0.15) is 26.3 Å². The summed E-state index contributed by atoms with van der Waals surface area (Å²) < 4.78 is 13.0. The van der Waals surface area contributed by atoms with Crippen LogP contribution in [0.2, 0.25) is 5.02 Å². The molecule has 0 unspecified atom stereocenters. The number of rotatable bonds is 4. The summed E-state index contributed by atoms with van der Waals surface area (Å²) >= 11 is 7.93. The van der Waals surface area contributed by atoms with Crippen LogP contribution < -0.4 is 5.32 Å². The molecule has 0 atom stereocenters. The lowest BCUT2D eigenvalue weighted by molar-refractivity contribution is 0.422. The molecule has 0 aromatic heterocycles. The Balaban J connectivity index is 2.22. The Labute approximate surface area is 134 Å². The normalized spacial score (nSPS) is 11.7. The van der Waals surface area contributed by atoms with Gasteiger partial charge in [-0.05, 0) is 62.7 Å². The highest BCUT2D eigenvalue weighted by atomic mass is 35.5. The second kappa shape index (κ2) is 6.82. The van der Waals surface area contributed by atoms with Crippen LogP contribution in [0, 0.1) is 5.82 Å². The van der Waals surface area contributed by atoms with Crippen molar-refractivity contribution in [1.82, 2.24) is 5.32 Å². The summed E-state index contributed by atoms with van der Waals surface area (Å²) in [7, 11) is 0. The van der Waals surface area contributed by atoms with Crippen molar-refractivity contribution in [3.8, 4) is 0 Å².